The quantitative estimate of drug-likeness (QED) is 0.267. The Balaban J connectivity index is 1.85. The Kier molecular flexibility index (Phi) is 7.56. The Bertz CT molecular complexity index is 1300. The van der Waals surface area contributed by atoms with Crippen molar-refractivity contribution in [2.75, 3.05) is 10.8 Å². The van der Waals surface area contributed by atoms with Gasteiger partial charge in [0.25, 0.3) is 21.6 Å². The second-order valence-electron chi connectivity index (χ2n) is 6.84. The van der Waals surface area contributed by atoms with Crippen molar-refractivity contribution >= 4 is 48.9 Å². The van der Waals surface area contributed by atoms with E-state index in [0.717, 1.165) is 8.78 Å². The highest BCUT2D eigenvalue weighted by Crippen LogP contribution is 2.25. The van der Waals surface area contributed by atoms with Crippen LogP contribution in [0.1, 0.15) is 12.5 Å². The predicted octanol–water partition coefficient (Wildman–Crippen LogP) is 4.09. The number of rotatable bonds is 8. The predicted molar refractivity (Wildman–Crippen MR) is 129 cm³/mol. The molecule has 0 spiro atoms. The van der Waals surface area contributed by atoms with E-state index < -0.39 is 27.4 Å². The van der Waals surface area contributed by atoms with Crippen molar-refractivity contribution in [3.8, 4) is 0 Å². The van der Waals surface area contributed by atoms with Gasteiger partial charge >= 0.3 is 0 Å². The van der Waals surface area contributed by atoms with Crippen LogP contribution < -0.4 is 9.73 Å². The molecule has 0 saturated heterocycles. The second-order valence-corrected chi connectivity index (χ2v) is 9.62. The van der Waals surface area contributed by atoms with Crippen LogP contribution in [0.5, 0.6) is 0 Å². The molecular formula is C22H19BrN4O5S. The first-order valence-electron chi connectivity index (χ1n) is 9.60. The number of nitrogens with one attached hydrogen (secondary N) is 1. The van der Waals surface area contributed by atoms with Gasteiger partial charge in [0.05, 0.1) is 21.2 Å². The maximum atomic E-state index is 13.2. The van der Waals surface area contributed by atoms with Crippen LogP contribution in [0.25, 0.3) is 0 Å². The molecule has 0 aliphatic heterocycles. The minimum Gasteiger partial charge on any atom is -0.271 e. The molecule has 11 heteroatoms. The summed E-state index contributed by atoms with van der Waals surface area (Å²) >= 11 is 3.31. The van der Waals surface area contributed by atoms with Gasteiger partial charge in [0, 0.05) is 22.2 Å². The van der Waals surface area contributed by atoms with E-state index in [4.69, 9.17) is 0 Å². The summed E-state index contributed by atoms with van der Waals surface area (Å²) in [6.45, 7) is 1.05. The van der Waals surface area contributed by atoms with Gasteiger partial charge in [-0.05, 0) is 43.3 Å². The summed E-state index contributed by atoms with van der Waals surface area (Å²) in [5.41, 5.74) is 3.30. The van der Waals surface area contributed by atoms with E-state index in [0.29, 0.717) is 17.0 Å². The van der Waals surface area contributed by atoms with Gasteiger partial charge in [0.1, 0.15) is 6.54 Å². The Morgan fingerprint density at radius 1 is 1.06 bits per heavy atom. The Morgan fingerprint density at radius 2 is 1.73 bits per heavy atom. The van der Waals surface area contributed by atoms with Crippen LogP contribution >= 0.6 is 15.9 Å². The fourth-order valence-corrected chi connectivity index (χ4v) is 4.57. The number of nitro benzene ring substituents is 1. The normalized spacial score (nSPS) is 11.6. The van der Waals surface area contributed by atoms with Gasteiger partial charge in [-0.2, -0.15) is 5.10 Å². The number of carbonyl (C=O) groups excluding carboxylic acids is 1. The van der Waals surface area contributed by atoms with Crippen molar-refractivity contribution in [1.82, 2.24) is 5.43 Å². The van der Waals surface area contributed by atoms with E-state index in [1.807, 2.05) is 0 Å². The number of non-ortho nitro benzene ring substituents is 1. The molecule has 3 aromatic rings. The minimum absolute atomic E-state index is 0.0389. The lowest BCUT2D eigenvalue weighted by Gasteiger charge is -2.23. The first kappa shape index (κ1) is 24.1. The van der Waals surface area contributed by atoms with Crippen LogP contribution in [0.15, 0.2) is 93.3 Å². The fraction of sp³-hybridized carbons (Fsp3) is 0.0909. The van der Waals surface area contributed by atoms with Crippen LogP contribution in [0, 0.1) is 10.1 Å². The molecule has 9 nitrogen and oxygen atoms in total. The lowest BCUT2D eigenvalue weighted by Crippen LogP contribution is -2.39. The summed E-state index contributed by atoms with van der Waals surface area (Å²) < 4.78 is 28.2. The van der Waals surface area contributed by atoms with Gasteiger partial charge in [0.15, 0.2) is 0 Å². The van der Waals surface area contributed by atoms with Gasteiger partial charge in [-0.15, -0.1) is 0 Å². The summed E-state index contributed by atoms with van der Waals surface area (Å²) in [5.74, 6) is -0.679. The summed E-state index contributed by atoms with van der Waals surface area (Å²) in [6, 6.07) is 20.1. The van der Waals surface area contributed by atoms with Crippen LogP contribution in [0.3, 0.4) is 0 Å². The van der Waals surface area contributed by atoms with Crippen molar-refractivity contribution in [1.29, 1.82) is 0 Å². The molecule has 0 bridgehead atoms. The molecule has 0 radical (unpaired) electrons. The first-order chi connectivity index (χ1) is 15.7. The highest BCUT2D eigenvalue weighted by Gasteiger charge is 2.27. The topological polar surface area (TPSA) is 122 Å². The van der Waals surface area contributed by atoms with Gasteiger partial charge in [0.2, 0.25) is 0 Å². The van der Waals surface area contributed by atoms with Crippen molar-refractivity contribution in [3.63, 3.8) is 0 Å². The number of anilines is 1. The van der Waals surface area contributed by atoms with E-state index in [-0.39, 0.29) is 10.6 Å². The first-order valence-corrected chi connectivity index (χ1v) is 11.8. The average molecular weight is 531 g/mol. The maximum absolute atomic E-state index is 13.2. The molecule has 1 amide bonds. The second kappa shape index (κ2) is 10.4. The number of hydrogen-bond acceptors (Lipinski definition) is 6. The third-order valence-corrected chi connectivity index (χ3v) is 6.87. The minimum atomic E-state index is -4.03. The summed E-state index contributed by atoms with van der Waals surface area (Å²) in [5, 5.41) is 14.9. The third-order valence-electron chi connectivity index (χ3n) is 4.56. The van der Waals surface area contributed by atoms with Crippen molar-refractivity contribution in [2.45, 2.75) is 11.8 Å². The zero-order chi connectivity index (χ0) is 24.0. The molecule has 0 atom stereocenters. The van der Waals surface area contributed by atoms with Crippen LogP contribution in [0.4, 0.5) is 11.4 Å². The van der Waals surface area contributed by atoms with Gasteiger partial charge < -0.3 is 0 Å². The van der Waals surface area contributed by atoms with Gasteiger partial charge in [-0.1, -0.05) is 46.3 Å². The number of carbonyl (C=O) groups is 1. The molecule has 1 N–H and O–H groups in total. The summed E-state index contributed by atoms with van der Waals surface area (Å²) in [7, 11) is -4.03. The van der Waals surface area contributed by atoms with E-state index >= 15 is 0 Å². The van der Waals surface area contributed by atoms with E-state index in [1.165, 1.54) is 30.3 Å². The summed E-state index contributed by atoms with van der Waals surface area (Å²) in [4.78, 5) is 23.1. The number of nitrogens with zero attached hydrogens (tertiary/aromatic N) is 3. The molecule has 0 aliphatic rings. The maximum Gasteiger partial charge on any atom is 0.270 e. The number of hydrogen-bond donors (Lipinski definition) is 1. The van der Waals surface area contributed by atoms with E-state index in [2.05, 4.69) is 26.5 Å². The molecule has 0 heterocycles. The van der Waals surface area contributed by atoms with E-state index in [9.17, 15) is 23.3 Å². The number of benzene rings is 3. The van der Waals surface area contributed by atoms with Gasteiger partial charge in [-0.25, -0.2) is 13.8 Å². The van der Waals surface area contributed by atoms with Crippen molar-refractivity contribution < 1.29 is 18.1 Å². The van der Waals surface area contributed by atoms with E-state index in [1.54, 1.807) is 55.5 Å². The molecule has 3 rings (SSSR count). The molecule has 170 valence electrons. The zero-order valence-electron chi connectivity index (χ0n) is 17.4. The standard InChI is InChI=1S/C22H19BrN4O5S/c1-16(17-6-5-7-20(14-17)27(29)30)24-25-22(28)15-26(19-12-10-18(23)11-13-19)33(31,32)21-8-3-2-4-9-21/h2-14H,15H2,1H3,(H,25,28)/b24-16-. The number of amides is 1. The third kappa shape index (κ3) is 6.02. The Labute approximate surface area is 199 Å². The Morgan fingerprint density at radius 3 is 2.36 bits per heavy atom. The molecular weight excluding hydrogens is 512 g/mol. The van der Waals surface area contributed by atoms with Crippen LogP contribution in [-0.2, 0) is 14.8 Å². The lowest BCUT2D eigenvalue weighted by molar-refractivity contribution is -0.384. The van der Waals surface area contributed by atoms with Crippen molar-refractivity contribution in [3.05, 3.63) is 99.0 Å². The van der Waals surface area contributed by atoms with Crippen LogP contribution in [0.2, 0.25) is 0 Å². The average Bonchev–Trinajstić information content (AvgIpc) is 2.82. The SMILES string of the molecule is C/C(=N/NC(=O)CN(c1ccc(Br)cc1)S(=O)(=O)c1ccccc1)c1cccc([N+](=O)[O-])c1. The number of sulfonamides is 1. The lowest BCUT2D eigenvalue weighted by atomic mass is 10.1. The highest BCUT2D eigenvalue weighted by molar-refractivity contribution is 9.10. The molecule has 0 fully saturated rings. The molecule has 3 aromatic carbocycles. The summed E-state index contributed by atoms with van der Waals surface area (Å²) in [6.07, 6.45) is 0. The zero-order valence-corrected chi connectivity index (χ0v) is 19.8. The van der Waals surface area contributed by atoms with Crippen molar-refractivity contribution in [2.24, 2.45) is 5.10 Å². The Hall–Kier alpha value is -3.57. The fourth-order valence-electron chi connectivity index (χ4n) is 2.86. The molecule has 33 heavy (non-hydrogen) atoms. The number of nitro groups is 1. The smallest absolute Gasteiger partial charge is 0.270 e. The molecule has 0 aliphatic carbocycles. The van der Waals surface area contributed by atoms with Crippen LogP contribution in [-0.4, -0.2) is 31.5 Å². The number of hydrazone groups is 1. The highest BCUT2D eigenvalue weighted by atomic mass is 79.9. The molecule has 0 unspecified atom stereocenters. The largest absolute Gasteiger partial charge is 0.271 e. The monoisotopic (exact) mass is 530 g/mol. The molecule has 0 aromatic heterocycles. The van der Waals surface area contributed by atoms with Gasteiger partial charge in [-0.3, -0.25) is 19.2 Å². The number of halogens is 1. The molecule has 0 saturated carbocycles.